The Morgan fingerprint density at radius 3 is 2.30 bits per heavy atom. The lowest BCUT2D eigenvalue weighted by atomic mass is 10.2. The highest BCUT2D eigenvalue weighted by atomic mass is 127. The zero-order valence-corrected chi connectivity index (χ0v) is 16.3. The molecule has 4 nitrogen and oxygen atoms in total. The van der Waals surface area contributed by atoms with E-state index >= 15 is 0 Å². The molecule has 0 unspecified atom stereocenters. The van der Waals surface area contributed by atoms with Crippen molar-refractivity contribution in [3.63, 3.8) is 0 Å². The normalized spacial score (nSPS) is 10.3. The third-order valence-electron chi connectivity index (χ3n) is 2.20. The predicted octanol–water partition coefficient (Wildman–Crippen LogP) is 4.06. The van der Waals surface area contributed by atoms with Gasteiger partial charge in [0.2, 0.25) is 0 Å². The molecule has 0 aromatic heterocycles. The molecule has 0 aliphatic carbocycles. The van der Waals surface area contributed by atoms with Crippen molar-refractivity contribution in [2.24, 2.45) is 11.0 Å². The lowest BCUT2D eigenvalue weighted by Crippen LogP contribution is -2.19. The number of amides is 1. The van der Waals surface area contributed by atoms with Gasteiger partial charge in [0.25, 0.3) is 5.91 Å². The van der Waals surface area contributed by atoms with Crippen LogP contribution in [-0.4, -0.2) is 18.2 Å². The minimum Gasteiger partial charge on any atom is -0.491 e. The molecule has 0 aliphatic heterocycles. The molecule has 0 saturated carbocycles. The van der Waals surface area contributed by atoms with Crippen LogP contribution < -0.4 is 10.2 Å². The van der Waals surface area contributed by atoms with E-state index in [4.69, 9.17) is 4.74 Å². The van der Waals surface area contributed by atoms with Crippen molar-refractivity contribution in [3.8, 4) is 5.75 Å². The number of hydrogen-bond acceptors (Lipinski definition) is 3. The van der Waals surface area contributed by atoms with E-state index in [1.54, 1.807) is 0 Å². The highest BCUT2D eigenvalue weighted by Gasteiger charge is 2.13. The SMILES string of the molecule is CC(C)=NNC(=O)c1cc(I)c(OCC(C)C)c(I)c1. The van der Waals surface area contributed by atoms with Gasteiger partial charge in [-0.15, -0.1) is 0 Å². The van der Waals surface area contributed by atoms with Crippen molar-refractivity contribution < 1.29 is 9.53 Å². The van der Waals surface area contributed by atoms with Gasteiger partial charge in [0.1, 0.15) is 5.75 Å². The standard InChI is InChI=1S/C14H18I2N2O2/c1-8(2)7-20-13-11(15)5-10(6-12(13)16)14(19)18-17-9(3)4/h5-6,8H,7H2,1-4H3,(H,18,19). The topological polar surface area (TPSA) is 50.7 Å². The molecule has 20 heavy (non-hydrogen) atoms. The van der Waals surface area contributed by atoms with Gasteiger partial charge in [0, 0.05) is 11.3 Å². The second-order valence-corrected chi connectivity index (χ2v) is 7.30. The molecule has 0 radical (unpaired) electrons. The first-order valence-electron chi connectivity index (χ1n) is 6.24. The molecule has 1 N–H and O–H groups in total. The van der Waals surface area contributed by atoms with Gasteiger partial charge in [-0.2, -0.15) is 5.10 Å². The average Bonchev–Trinajstić information content (AvgIpc) is 2.34. The summed E-state index contributed by atoms with van der Waals surface area (Å²) in [4.78, 5) is 12.0. The quantitative estimate of drug-likeness (QED) is 0.377. The first-order valence-corrected chi connectivity index (χ1v) is 8.40. The number of hydrogen-bond donors (Lipinski definition) is 1. The Morgan fingerprint density at radius 1 is 1.30 bits per heavy atom. The molecular weight excluding hydrogens is 482 g/mol. The number of nitrogens with zero attached hydrogens (tertiary/aromatic N) is 1. The maximum Gasteiger partial charge on any atom is 0.271 e. The van der Waals surface area contributed by atoms with Crippen LogP contribution in [0.3, 0.4) is 0 Å². The summed E-state index contributed by atoms with van der Waals surface area (Å²) in [5.41, 5.74) is 3.91. The summed E-state index contributed by atoms with van der Waals surface area (Å²) in [6.45, 7) is 8.53. The summed E-state index contributed by atoms with van der Waals surface area (Å²) in [6, 6.07) is 3.63. The van der Waals surface area contributed by atoms with E-state index in [2.05, 4.69) is 69.6 Å². The molecular formula is C14H18I2N2O2. The number of carbonyl (C=O) groups excluding carboxylic acids is 1. The van der Waals surface area contributed by atoms with Gasteiger partial charge in [0.05, 0.1) is 13.7 Å². The van der Waals surface area contributed by atoms with Gasteiger partial charge >= 0.3 is 0 Å². The smallest absolute Gasteiger partial charge is 0.271 e. The number of hydrazone groups is 1. The Hall–Kier alpha value is -0.380. The van der Waals surface area contributed by atoms with Crippen LogP contribution in [0.1, 0.15) is 38.1 Å². The van der Waals surface area contributed by atoms with E-state index < -0.39 is 0 Å². The fraction of sp³-hybridized carbons (Fsp3) is 0.429. The molecule has 1 aromatic rings. The fourth-order valence-corrected chi connectivity index (χ4v) is 3.39. The maximum absolute atomic E-state index is 12.0. The summed E-state index contributed by atoms with van der Waals surface area (Å²) in [5, 5.41) is 3.92. The molecule has 0 heterocycles. The number of rotatable bonds is 5. The molecule has 110 valence electrons. The Bertz CT molecular complexity index is 501. The van der Waals surface area contributed by atoms with Crippen LogP contribution in [0.2, 0.25) is 0 Å². The Kier molecular flexibility index (Phi) is 7.21. The van der Waals surface area contributed by atoms with Crippen molar-refractivity contribution in [3.05, 3.63) is 24.8 Å². The van der Waals surface area contributed by atoms with Gasteiger partial charge in [-0.25, -0.2) is 5.43 Å². The van der Waals surface area contributed by atoms with Crippen LogP contribution in [0.25, 0.3) is 0 Å². The molecule has 1 aromatic carbocycles. The van der Waals surface area contributed by atoms with Crippen LogP contribution in [-0.2, 0) is 0 Å². The first kappa shape index (κ1) is 17.7. The van der Waals surface area contributed by atoms with E-state index in [9.17, 15) is 4.79 Å². The lowest BCUT2D eigenvalue weighted by Gasteiger charge is -2.13. The predicted molar refractivity (Wildman–Crippen MR) is 98.5 cm³/mol. The third-order valence-corrected chi connectivity index (χ3v) is 3.81. The number of ether oxygens (including phenoxy) is 1. The number of benzene rings is 1. The second-order valence-electron chi connectivity index (χ2n) is 4.97. The Morgan fingerprint density at radius 2 is 1.85 bits per heavy atom. The fourth-order valence-electron chi connectivity index (χ4n) is 1.31. The van der Waals surface area contributed by atoms with Crippen molar-refractivity contribution >= 4 is 56.8 Å². The molecule has 0 aliphatic rings. The van der Waals surface area contributed by atoms with Crippen LogP contribution in [0.15, 0.2) is 17.2 Å². The van der Waals surface area contributed by atoms with Gasteiger partial charge < -0.3 is 4.74 Å². The molecule has 0 atom stereocenters. The highest BCUT2D eigenvalue weighted by Crippen LogP contribution is 2.29. The van der Waals surface area contributed by atoms with Gasteiger partial charge in [-0.05, 0) is 77.1 Å². The summed E-state index contributed by atoms with van der Waals surface area (Å²) in [7, 11) is 0. The lowest BCUT2D eigenvalue weighted by molar-refractivity contribution is 0.0954. The van der Waals surface area contributed by atoms with Crippen molar-refractivity contribution in [2.75, 3.05) is 6.61 Å². The summed E-state index contributed by atoms with van der Waals surface area (Å²) in [6.07, 6.45) is 0. The molecule has 6 heteroatoms. The number of carbonyl (C=O) groups is 1. The molecule has 0 spiro atoms. The highest BCUT2D eigenvalue weighted by molar-refractivity contribution is 14.1. The summed E-state index contributed by atoms with van der Waals surface area (Å²) in [5.74, 6) is 1.09. The Labute approximate surface area is 147 Å². The van der Waals surface area contributed by atoms with E-state index in [0.29, 0.717) is 18.1 Å². The molecule has 1 rings (SSSR count). The first-order chi connectivity index (χ1) is 9.31. The summed E-state index contributed by atoms with van der Waals surface area (Å²) < 4.78 is 7.64. The minimum absolute atomic E-state index is 0.211. The maximum atomic E-state index is 12.0. The van der Waals surface area contributed by atoms with Gasteiger partial charge in [-0.1, -0.05) is 13.8 Å². The largest absolute Gasteiger partial charge is 0.491 e. The molecule has 0 saturated heterocycles. The van der Waals surface area contributed by atoms with Gasteiger partial charge in [0.15, 0.2) is 0 Å². The Balaban J connectivity index is 2.92. The minimum atomic E-state index is -0.211. The zero-order valence-electron chi connectivity index (χ0n) is 12.0. The second kappa shape index (κ2) is 8.16. The number of nitrogens with one attached hydrogen (secondary N) is 1. The van der Waals surface area contributed by atoms with Crippen molar-refractivity contribution in [1.82, 2.24) is 5.43 Å². The van der Waals surface area contributed by atoms with Gasteiger partial charge in [-0.3, -0.25) is 4.79 Å². The molecule has 0 bridgehead atoms. The van der Waals surface area contributed by atoms with Crippen LogP contribution in [0.4, 0.5) is 0 Å². The van der Waals surface area contributed by atoms with E-state index in [0.717, 1.165) is 18.6 Å². The monoisotopic (exact) mass is 500 g/mol. The number of halogens is 2. The third kappa shape index (κ3) is 5.55. The molecule has 1 amide bonds. The van der Waals surface area contributed by atoms with E-state index in [1.807, 2.05) is 26.0 Å². The van der Waals surface area contributed by atoms with Crippen LogP contribution >= 0.6 is 45.2 Å². The van der Waals surface area contributed by atoms with E-state index in [-0.39, 0.29) is 5.91 Å². The zero-order chi connectivity index (χ0) is 15.3. The van der Waals surface area contributed by atoms with Crippen molar-refractivity contribution in [1.29, 1.82) is 0 Å². The summed E-state index contributed by atoms with van der Waals surface area (Å²) >= 11 is 4.38. The van der Waals surface area contributed by atoms with Crippen molar-refractivity contribution in [2.45, 2.75) is 27.7 Å². The van der Waals surface area contributed by atoms with Crippen LogP contribution in [0, 0.1) is 13.1 Å². The molecule has 0 fully saturated rings. The van der Waals surface area contributed by atoms with E-state index in [1.165, 1.54) is 0 Å². The average molecular weight is 500 g/mol. The van der Waals surface area contributed by atoms with Crippen LogP contribution in [0.5, 0.6) is 5.75 Å².